The van der Waals surface area contributed by atoms with Crippen LogP contribution in [0.25, 0.3) is 0 Å². The van der Waals surface area contributed by atoms with E-state index in [1.807, 2.05) is 0 Å². The Morgan fingerprint density at radius 1 is 1.19 bits per heavy atom. The first-order valence-electron chi connectivity index (χ1n) is 5.64. The number of amides is 1. The summed E-state index contributed by atoms with van der Waals surface area (Å²) in [6.45, 7) is 0. The Morgan fingerprint density at radius 2 is 1.90 bits per heavy atom. The van der Waals surface area contributed by atoms with Crippen LogP contribution in [0.2, 0.25) is 5.02 Å². The number of carbonyl (C=O) groups excluding carboxylic acids is 1. The molecule has 0 radical (unpaired) electrons. The summed E-state index contributed by atoms with van der Waals surface area (Å²) < 4.78 is 38.6. The van der Waals surface area contributed by atoms with E-state index < -0.39 is 28.9 Å². The Morgan fingerprint density at radius 3 is 2.48 bits per heavy atom. The second kappa shape index (κ2) is 5.61. The highest BCUT2D eigenvalue weighted by molar-refractivity contribution is 6.30. The van der Waals surface area contributed by atoms with E-state index in [2.05, 4.69) is 10.3 Å². The van der Waals surface area contributed by atoms with Gasteiger partial charge < -0.3 is 10.3 Å². The number of aromatic nitrogens is 1. The summed E-state index contributed by atoms with van der Waals surface area (Å²) in [5.41, 5.74) is -1.86. The number of aromatic amines is 1. The molecule has 8 heteroatoms. The van der Waals surface area contributed by atoms with E-state index in [-0.39, 0.29) is 10.6 Å². The minimum Gasteiger partial charge on any atom is -0.328 e. The Hall–Kier alpha value is -2.28. The fourth-order valence-corrected chi connectivity index (χ4v) is 1.78. The van der Waals surface area contributed by atoms with Gasteiger partial charge in [-0.05, 0) is 24.3 Å². The molecule has 0 bridgehead atoms. The van der Waals surface area contributed by atoms with Gasteiger partial charge in [0.05, 0.1) is 16.8 Å². The molecule has 0 unspecified atom stereocenters. The van der Waals surface area contributed by atoms with Crippen molar-refractivity contribution in [1.29, 1.82) is 0 Å². The molecule has 4 nitrogen and oxygen atoms in total. The van der Waals surface area contributed by atoms with E-state index in [9.17, 15) is 22.8 Å². The average molecular weight is 317 g/mol. The van der Waals surface area contributed by atoms with Crippen molar-refractivity contribution in [2.24, 2.45) is 0 Å². The maximum atomic E-state index is 12.9. The van der Waals surface area contributed by atoms with Crippen molar-refractivity contribution in [2.45, 2.75) is 6.18 Å². The highest BCUT2D eigenvalue weighted by atomic mass is 35.5. The van der Waals surface area contributed by atoms with Crippen LogP contribution < -0.4 is 10.9 Å². The summed E-state index contributed by atoms with van der Waals surface area (Å²) in [6.07, 6.45) is -3.54. The van der Waals surface area contributed by atoms with E-state index in [4.69, 9.17) is 11.6 Å². The lowest BCUT2D eigenvalue weighted by atomic mass is 10.1. The monoisotopic (exact) mass is 316 g/mol. The standard InChI is InChI=1S/C13H8ClF3N2O2/c14-8-2-3-10(9(5-8)13(15,16)17)19-12(21)7-1-4-11(20)18-6-7/h1-6H,(H,18,20)(H,19,21). The molecule has 1 amide bonds. The van der Waals surface area contributed by atoms with E-state index in [0.717, 1.165) is 24.4 Å². The third-order valence-electron chi connectivity index (χ3n) is 2.58. The molecule has 0 atom stereocenters. The summed E-state index contributed by atoms with van der Waals surface area (Å²) in [7, 11) is 0. The highest BCUT2D eigenvalue weighted by Crippen LogP contribution is 2.36. The molecule has 1 aromatic heterocycles. The van der Waals surface area contributed by atoms with E-state index in [1.165, 1.54) is 12.1 Å². The van der Waals surface area contributed by atoms with Crippen molar-refractivity contribution in [3.8, 4) is 0 Å². The smallest absolute Gasteiger partial charge is 0.328 e. The van der Waals surface area contributed by atoms with Gasteiger partial charge in [0.25, 0.3) is 5.91 Å². The minimum absolute atomic E-state index is 0.0256. The lowest BCUT2D eigenvalue weighted by molar-refractivity contribution is -0.136. The van der Waals surface area contributed by atoms with E-state index in [1.54, 1.807) is 0 Å². The van der Waals surface area contributed by atoms with Crippen LogP contribution in [-0.2, 0) is 6.18 Å². The first-order valence-corrected chi connectivity index (χ1v) is 6.02. The maximum absolute atomic E-state index is 12.9. The third kappa shape index (κ3) is 3.63. The number of pyridine rings is 1. The molecule has 0 spiro atoms. The number of halogens is 4. The van der Waals surface area contributed by atoms with Gasteiger partial charge >= 0.3 is 6.18 Å². The van der Waals surface area contributed by atoms with E-state index in [0.29, 0.717) is 0 Å². The molecule has 0 fully saturated rings. The van der Waals surface area contributed by atoms with Crippen molar-refractivity contribution in [1.82, 2.24) is 4.98 Å². The van der Waals surface area contributed by atoms with Gasteiger partial charge in [0.1, 0.15) is 0 Å². The van der Waals surface area contributed by atoms with Crippen LogP contribution in [0.5, 0.6) is 0 Å². The summed E-state index contributed by atoms with van der Waals surface area (Å²) in [5, 5.41) is 2.05. The number of carbonyl (C=O) groups is 1. The molecular formula is C13H8ClF3N2O2. The summed E-state index contributed by atoms with van der Waals surface area (Å²) in [6, 6.07) is 5.33. The molecule has 0 aliphatic heterocycles. The molecule has 2 N–H and O–H groups in total. The molecule has 0 saturated carbocycles. The average Bonchev–Trinajstić information content (AvgIpc) is 2.40. The fraction of sp³-hybridized carbons (Fsp3) is 0.0769. The first-order chi connectivity index (χ1) is 9.77. The highest BCUT2D eigenvalue weighted by Gasteiger charge is 2.34. The number of hydrogen-bond donors (Lipinski definition) is 2. The van der Waals surface area contributed by atoms with Crippen LogP contribution in [-0.4, -0.2) is 10.9 Å². The van der Waals surface area contributed by atoms with Crippen molar-refractivity contribution in [3.05, 3.63) is 63.0 Å². The molecule has 21 heavy (non-hydrogen) atoms. The number of anilines is 1. The topological polar surface area (TPSA) is 62.0 Å². The molecule has 0 aliphatic carbocycles. The van der Waals surface area contributed by atoms with Gasteiger partial charge in [-0.3, -0.25) is 9.59 Å². The Balaban J connectivity index is 2.33. The second-order valence-corrected chi connectivity index (χ2v) is 4.52. The number of hydrogen-bond acceptors (Lipinski definition) is 2. The molecule has 2 aromatic rings. The predicted molar refractivity (Wildman–Crippen MR) is 71.5 cm³/mol. The van der Waals surface area contributed by atoms with Gasteiger partial charge in [-0.15, -0.1) is 0 Å². The van der Waals surface area contributed by atoms with Crippen LogP contribution in [0.4, 0.5) is 18.9 Å². The van der Waals surface area contributed by atoms with Gasteiger partial charge in [0, 0.05) is 17.3 Å². The van der Waals surface area contributed by atoms with Gasteiger partial charge in [0.2, 0.25) is 5.56 Å². The molecule has 0 aliphatic rings. The van der Waals surface area contributed by atoms with Gasteiger partial charge in [-0.25, -0.2) is 0 Å². The second-order valence-electron chi connectivity index (χ2n) is 4.08. The summed E-state index contributed by atoms with van der Waals surface area (Å²) in [5.74, 6) is -0.779. The van der Waals surface area contributed by atoms with Gasteiger partial charge in [-0.2, -0.15) is 13.2 Å². The normalized spacial score (nSPS) is 11.2. The minimum atomic E-state index is -4.65. The quantitative estimate of drug-likeness (QED) is 0.893. The molecule has 1 heterocycles. The molecular weight excluding hydrogens is 309 g/mol. The Labute approximate surface area is 121 Å². The third-order valence-corrected chi connectivity index (χ3v) is 2.82. The van der Waals surface area contributed by atoms with Crippen LogP contribution in [0.15, 0.2) is 41.3 Å². The number of H-pyrrole nitrogens is 1. The van der Waals surface area contributed by atoms with Crippen LogP contribution in [0.3, 0.4) is 0 Å². The van der Waals surface area contributed by atoms with E-state index >= 15 is 0 Å². The lowest BCUT2D eigenvalue weighted by Gasteiger charge is -2.14. The van der Waals surface area contributed by atoms with Crippen LogP contribution in [0, 0.1) is 0 Å². The Kier molecular flexibility index (Phi) is 4.04. The maximum Gasteiger partial charge on any atom is 0.418 e. The van der Waals surface area contributed by atoms with Crippen molar-refractivity contribution < 1.29 is 18.0 Å². The van der Waals surface area contributed by atoms with Crippen molar-refractivity contribution >= 4 is 23.2 Å². The predicted octanol–water partition coefficient (Wildman–Crippen LogP) is 3.30. The van der Waals surface area contributed by atoms with Crippen LogP contribution >= 0.6 is 11.6 Å². The first kappa shape index (κ1) is 15.1. The Bertz CT molecular complexity index is 720. The number of benzene rings is 1. The number of rotatable bonds is 2. The largest absolute Gasteiger partial charge is 0.418 e. The van der Waals surface area contributed by atoms with Gasteiger partial charge in [-0.1, -0.05) is 11.6 Å². The number of alkyl halides is 3. The molecule has 0 saturated heterocycles. The summed E-state index contributed by atoms with van der Waals surface area (Å²) in [4.78, 5) is 25.0. The van der Waals surface area contributed by atoms with Crippen molar-refractivity contribution in [2.75, 3.05) is 5.32 Å². The fourth-order valence-electron chi connectivity index (χ4n) is 1.61. The molecule has 110 valence electrons. The zero-order valence-corrected chi connectivity index (χ0v) is 11.0. The van der Waals surface area contributed by atoms with Crippen molar-refractivity contribution in [3.63, 3.8) is 0 Å². The zero-order valence-electron chi connectivity index (χ0n) is 10.3. The van der Waals surface area contributed by atoms with Gasteiger partial charge in [0.15, 0.2) is 0 Å². The SMILES string of the molecule is O=C(Nc1ccc(Cl)cc1C(F)(F)F)c1ccc(=O)[nH]c1. The molecule has 2 rings (SSSR count). The molecule has 1 aromatic carbocycles. The summed E-state index contributed by atoms with van der Waals surface area (Å²) >= 11 is 5.54. The number of nitrogens with one attached hydrogen (secondary N) is 2. The zero-order chi connectivity index (χ0) is 15.6. The lowest BCUT2D eigenvalue weighted by Crippen LogP contribution is -2.18. The van der Waals surface area contributed by atoms with Crippen LogP contribution in [0.1, 0.15) is 15.9 Å².